The summed E-state index contributed by atoms with van der Waals surface area (Å²) in [6.45, 7) is 5.69. The third-order valence-electron chi connectivity index (χ3n) is 16.4. The van der Waals surface area contributed by atoms with E-state index in [1.165, 1.54) is 180 Å². The molecule has 0 spiro atoms. The number of esters is 1. The van der Waals surface area contributed by atoms with E-state index in [9.17, 15) is 35.1 Å². The maximum atomic E-state index is 13.5. The molecule has 488 valence electrons. The van der Waals surface area contributed by atoms with Gasteiger partial charge in [-0.05, 0) is 70.6 Å². The van der Waals surface area contributed by atoms with Crippen LogP contribution in [0.25, 0.3) is 0 Å². The first kappa shape index (κ1) is 79.1. The van der Waals surface area contributed by atoms with Crippen LogP contribution in [-0.2, 0) is 23.8 Å². The van der Waals surface area contributed by atoms with Crippen LogP contribution in [-0.4, -0.2) is 99.6 Å². The normalized spacial score (nSPS) is 18.9. The van der Waals surface area contributed by atoms with Crippen molar-refractivity contribution in [3.63, 3.8) is 0 Å². The van der Waals surface area contributed by atoms with Crippen molar-refractivity contribution < 1.29 is 49.3 Å². The number of hydrogen-bond acceptors (Lipinski definition) is 10. The topological polar surface area (TPSA) is 175 Å². The van der Waals surface area contributed by atoms with Gasteiger partial charge >= 0.3 is 5.97 Å². The molecular weight excluding hydrogens is 1050 g/mol. The molecule has 0 saturated carbocycles. The number of ether oxygens (including phenoxy) is 3. The van der Waals surface area contributed by atoms with Gasteiger partial charge in [-0.15, -0.1) is 0 Å². The Hall–Kier alpha value is -2.90. The lowest BCUT2D eigenvalue weighted by Gasteiger charge is -2.41. The van der Waals surface area contributed by atoms with Crippen molar-refractivity contribution in [1.29, 1.82) is 0 Å². The van der Waals surface area contributed by atoms with Crippen LogP contribution < -0.4 is 5.32 Å². The van der Waals surface area contributed by atoms with Crippen LogP contribution in [0.15, 0.2) is 72.9 Å². The quantitative estimate of drug-likeness (QED) is 0.0195. The fourth-order valence-corrected chi connectivity index (χ4v) is 10.9. The predicted octanol–water partition coefficient (Wildman–Crippen LogP) is 17.9. The highest BCUT2D eigenvalue weighted by Gasteiger charge is 2.47. The van der Waals surface area contributed by atoms with Crippen LogP contribution in [0.3, 0.4) is 0 Å². The third-order valence-corrected chi connectivity index (χ3v) is 16.4. The Balaban J connectivity index is 2.59. The maximum absolute atomic E-state index is 13.5. The summed E-state index contributed by atoms with van der Waals surface area (Å²) in [5.74, 6) is -1.22. The zero-order chi connectivity index (χ0) is 61.0. The van der Waals surface area contributed by atoms with Crippen molar-refractivity contribution in [2.24, 2.45) is 0 Å². The zero-order valence-electron chi connectivity index (χ0n) is 54.3. The average Bonchev–Trinajstić information content (AvgIpc) is 3.69. The molecule has 0 radical (unpaired) electrons. The van der Waals surface area contributed by atoms with E-state index in [2.05, 4.69) is 86.8 Å². The Morgan fingerprint density at radius 3 is 1.29 bits per heavy atom. The Morgan fingerprint density at radius 2 is 0.857 bits per heavy atom. The molecule has 0 aromatic rings. The largest absolute Gasteiger partial charge is 0.454 e. The van der Waals surface area contributed by atoms with Gasteiger partial charge in [0.2, 0.25) is 5.91 Å². The number of carbonyl (C=O) groups is 2. The van der Waals surface area contributed by atoms with Crippen LogP contribution >= 0.6 is 0 Å². The summed E-state index contributed by atoms with van der Waals surface area (Å²) in [6.07, 6.45) is 68.1. The van der Waals surface area contributed by atoms with Crippen LogP contribution in [0.1, 0.15) is 316 Å². The van der Waals surface area contributed by atoms with Gasteiger partial charge in [-0.2, -0.15) is 0 Å². The van der Waals surface area contributed by atoms with E-state index in [0.717, 1.165) is 89.9 Å². The fraction of sp³-hybridized carbons (Fsp3) is 0.808. The second-order valence-electron chi connectivity index (χ2n) is 24.2. The van der Waals surface area contributed by atoms with E-state index in [4.69, 9.17) is 14.2 Å². The molecule has 6 N–H and O–H groups in total. The molecular formula is C73H131NO10. The van der Waals surface area contributed by atoms with Crippen molar-refractivity contribution in [3.05, 3.63) is 72.9 Å². The van der Waals surface area contributed by atoms with Crippen molar-refractivity contribution >= 4 is 11.9 Å². The average molecular weight is 1180 g/mol. The minimum Gasteiger partial charge on any atom is -0.454 e. The molecule has 1 aliphatic heterocycles. The molecule has 0 aromatic carbocycles. The van der Waals surface area contributed by atoms with Gasteiger partial charge in [0.1, 0.15) is 24.4 Å². The van der Waals surface area contributed by atoms with Gasteiger partial charge in [0.25, 0.3) is 0 Å². The Labute approximate surface area is 515 Å². The van der Waals surface area contributed by atoms with Gasteiger partial charge in [0, 0.05) is 6.42 Å². The van der Waals surface area contributed by atoms with Crippen molar-refractivity contribution in [2.75, 3.05) is 13.2 Å². The molecule has 0 aliphatic carbocycles. The van der Waals surface area contributed by atoms with Crippen molar-refractivity contribution in [3.8, 4) is 0 Å². The highest BCUT2D eigenvalue weighted by Crippen LogP contribution is 2.26. The molecule has 1 heterocycles. The van der Waals surface area contributed by atoms with Crippen LogP contribution in [0, 0.1) is 0 Å². The summed E-state index contributed by atoms with van der Waals surface area (Å²) in [5.41, 5.74) is 0. The van der Waals surface area contributed by atoms with E-state index >= 15 is 0 Å². The molecule has 8 unspecified atom stereocenters. The van der Waals surface area contributed by atoms with Gasteiger partial charge in [-0.25, -0.2) is 0 Å². The molecule has 0 aromatic heterocycles. The standard InChI is InChI=1S/C73H131NO10/c1-4-7-10-13-16-19-22-25-27-29-31-32-33-34-35-37-38-40-42-45-48-51-54-57-60-66(77)72(81)74-64(65(76)59-56-53-50-47-44-24-21-18-15-12-9-6-3)63-82-73-71(70(80)69(79)67(62-75)83-73)84-68(78)61-58-55-52-49-46-43-41-39-36-30-28-26-23-20-17-14-11-8-5-2/h8,11,17,20,26,28,36,39,43,46,56,59,64-67,69-71,73,75-77,79-80H,4-7,9-10,12-16,18-19,21-25,27,29-35,37-38,40-42,44-45,47-55,57-58,60-63H2,1-3H3,(H,74,81)/b11-8-,20-17-,28-26-,39-36-,46-43-,59-56+. The number of nitrogens with one attached hydrogen (secondary N) is 1. The molecule has 1 saturated heterocycles. The second kappa shape index (κ2) is 60.4. The van der Waals surface area contributed by atoms with Gasteiger partial charge in [0.15, 0.2) is 12.4 Å². The number of aliphatic hydroxyl groups is 5. The Bertz CT molecular complexity index is 1640. The molecule has 1 rings (SSSR count). The number of carbonyl (C=O) groups excluding carboxylic acids is 2. The number of unbranched alkanes of at least 4 members (excludes halogenated alkanes) is 36. The Kier molecular flexibility index (Phi) is 56.9. The van der Waals surface area contributed by atoms with E-state index in [1.807, 2.05) is 6.08 Å². The van der Waals surface area contributed by atoms with Crippen molar-refractivity contribution in [2.45, 2.75) is 365 Å². The second-order valence-corrected chi connectivity index (χ2v) is 24.2. The first-order valence-electron chi connectivity index (χ1n) is 35.2. The van der Waals surface area contributed by atoms with Gasteiger partial charge in [0.05, 0.1) is 25.4 Å². The van der Waals surface area contributed by atoms with E-state index < -0.39 is 67.4 Å². The molecule has 11 heteroatoms. The fourth-order valence-electron chi connectivity index (χ4n) is 10.9. The lowest BCUT2D eigenvalue weighted by molar-refractivity contribution is -0.305. The molecule has 1 amide bonds. The number of hydrogen-bond donors (Lipinski definition) is 6. The van der Waals surface area contributed by atoms with Gasteiger partial charge in [-0.1, -0.05) is 312 Å². The number of rotatable bonds is 60. The van der Waals surface area contributed by atoms with Gasteiger partial charge in [-0.3, -0.25) is 9.59 Å². The highest BCUT2D eigenvalue weighted by molar-refractivity contribution is 5.80. The molecule has 11 nitrogen and oxygen atoms in total. The highest BCUT2D eigenvalue weighted by atomic mass is 16.7. The first-order chi connectivity index (χ1) is 41.2. The summed E-state index contributed by atoms with van der Waals surface area (Å²) in [6, 6.07) is -1.03. The van der Waals surface area contributed by atoms with E-state index in [0.29, 0.717) is 19.3 Å². The smallest absolute Gasteiger partial charge is 0.306 e. The van der Waals surface area contributed by atoms with E-state index in [-0.39, 0.29) is 13.0 Å². The minimum absolute atomic E-state index is 0.0832. The van der Waals surface area contributed by atoms with E-state index in [1.54, 1.807) is 6.08 Å². The molecule has 0 bridgehead atoms. The summed E-state index contributed by atoms with van der Waals surface area (Å²) in [7, 11) is 0. The SMILES string of the molecule is CC/C=C\C/C=C\C/C=C\C/C=C\C/C=C\CCCCCC(=O)OC1C(OCC(NC(=O)C(O)CCCCCCCCCCCCCCCCCCCCCCCCCC)C(O)/C=C/CCCCCCCCCCCC)OC(CO)C(O)C1O. The Morgan fingerprint density at radius 1 is 0.476 bits per heavy atom. The third kappa shape index (κ3) is 47.2. The predicted molar refractivity (Wildman–Crippen MR) is 352 cm³/mol. The first-order valence-corrected chi connectivity index (χ1v) is 35.2. The lowest BCUT2D eigenvalue weighted by Crippen LogP contribution is -2.61. The van der Waals surface area contributed by atoms with Crippen LogP contribution in [0.4, 0.5) is 0 Å². The number of amides is 1. The molecule has 84 heavy (non-hydrogen) atoms. The van der Waals surface area contributed by atoms with Crippen molar-refractivity contribution in [1.82, 2.24) is 5.32 Å². The summed E-state index contributed by atoms with van der Waals surface area (Å²) < 4.78 is 17.6. The molecule has 8 atom stereocenters. The zero-order valence-corrected chi connectivity index (χ0v) is 54.3. The number of aliphatic hydroxyl groups excluding tert-OH is 5. The summed E-state index contributed by atoms with van der Waals surface area (Å²) in [4.78, 5) is 26.6. The summed E-state index contributed by atoms with van der Waals surface area (Å²) >= 11 is 0. The van der Waals surface area contributed by atoms with Crippen LogP contribution in [0.2, 0.25) is 0 Å². The molecule has 1 fully saturated rings. The maximum Gasteiger partial charge on any atom is 0.306 e. The summed E-state index contributed by atoms with van der Waals surface area (Å²) in [5, 5.41) is 57.2. The minimum atomic E-state index is -1.63. The monoisotopic (exact) mass is 1180 g/mol. The lowest BCUT2D eigenvalue weighted by atomic mass is 9.99. The van der Waals surface area contributed by atoms with Gasteiger partial charge < -0.3 is 45.1 Å². The molecule has 1 aliphatic rings. The van der Waals surface area contributed by atoms with Crippen LogP contribution in [0.5, 0.6) is 0 Å². The number of allylic oxidation sites excluding steroid dienone is 11.